The lowest BCUT2D eigenvalue weighted by atomic mass is 10.1. The summed E-state index contributed by atoms with van der Waals surface area (Å²) in [6.07, 6.45) is 5.94. The Bertz CT molecular complexity index is 1030. The van der Waals surface area contributed by atoms with Gasteiger partial charge in [-0.15, -0.1) is 11.8 Å². The van der Waals surface area contributed by atoms with E-state index in [9.17, 15) is 0 Å². The molecule has 32 heavy (non-hydrogen) atoms. The number of halogens is 1. The van der Waals surface area contributed by atoms with E-state index in [1.165, 1.54) is 0 Å². The molecule has 2 aliphatic heterocycles. The summed E-state index contributed by atoms with van der Waals surface area (Å²) < 4.78 is 5.79. The van der Waals surface area contributed by atoms with Gasteiger partial charge < -0.3 is 10.1 Å². The van der Waals surface area contributed by atoms with Crippen molar-refractivity contribution >= 4 is 46.8 Å². The Morgan fingerprint density at radius 3 is 2.72 bits per heavy atom. The molecule has 1 atom stereocenters. The molecule has 2 N–H and O–H groups in total. The summed E-state index contributed by atoms with van der Waals surface area (Å²) in [4.78, 5) is 14.5. The normalized spacial score (nSPS) is 18.2. The number of aliphatic imine (C=N–C) groups is 1. The van der Waals surface area contributed by atoms with Crippen molar-refractivity contribution in [2.45, 2.75) is 50.0 Å². The van der Waals surface area contributed by atoms with Gasteiger partial charge in [0.2, 0.25) is 0 Å². The molecule has 10 heteroatoms. The van der Waals surface area contributed by atoms with Crippen LogP contribution in [0.15, 0.2) is 51.5 Å². The minimum Gasteiger partial charge on any atom is -0.461 e. The molecule has 2 aliphatic rings. The smallest absolute Gasteiger partial charge is 0.190 e. The third-order valence-corrected chi connectivity index (χ3v) is 6.87. The summed E-state index contributed by atoms with van der Waals surface area (Å²) in [5.41, 5.74) is 4.28. The fraction of sp³-hybridized carbons (Fsp3) is 0.409. The summed E-state index contributed by atoms with van der Waals surface area (Å²) >= 11 is 9.27. The zero-order chi connectivity index (χ0) is 22.7. The van der Waals surface area contributed by atoms with E-state index in [0.29, 0.717) is 22.5 Å². The van der Waals surface area contributed by atoms with E-state index in [0.717, 1.165) is 46.0 Å². The Hall–Kier alpha value is -2.10. The van der Waals surface area contributed by atoms with Gasteiger partial charge in [-0.05, 0) is 42.9 Å². The molecule has 0 saturated carbocycles. The molecule has 1 aromatic carbocycles. The number of fused-ring (bicyclic) bond motifs is 3. The highest BCUT2D eigenvalue weighted by molar-refractivity contribution is 7.99. The average Bonchev–Trinajstić information content (AvgIpc) is 3.21. The van der Waals surface area contributed by atoms with Crippen LogP contribution in [0.2, 0.25) is 5.02 Å². The van der Waals surface area contributed by atoms with Crippen LogP contribution in [0.1, 0.15) is 39.2 Å². The molecule has 0 bridgehead atoms. The summed E-state index contributed by atoms with van der Waals surface area (Å²) in [7, 11) is 0. The quantitative estimate of drug-likeness (QED) is 0.163. The fourth-order valence-corrected chi connectivity index (χ4v) is 5.03. The maximum atomic E-state index is 5.96. The summed E-state index contributed by atoms with van der Waals surface area (Å²) in [6.45, 7) is 6.53. The number of thioether (sulfide) groups is 2. The molecule has 1 aromatic heterocycles. The average molecular weight is 491 g/mol. The Morgan fingerprint density at radius 2 is 2.03 bits per heavy atom. The third-order valence-electron chi connectivity index (χ3n) is 5.01. The maximum absolute atomic E-state index is 5.96. The van der Waals surface area contributed by atoms with Gasteiger partial charge in [-0.3, -0.25) is 5.43 Å². The molecular weight excluding hydrogens is 464 g/mol. The van der Waals surface area contributed by atoms with Crippen molar-refractivity contribution in [3.05, 3.63) is 46.9 Å². The van der Waals surface area contributed by atoms with E-state index >= 15 is 0 Å². The number of nitrogens with one attached hydrogen (secondary N) is 2. The van der Waals surface area contributed by atoms with Gasteiger partial charge in [-0.25, -0.2) is 20.0 Å². The summed E-state index contributed by atoms with van der Waals surface area (Å²) in [6, 6.07) is 7.22. The van der Waals surface area contributed by atoms with Gasteiger partial charge in [0.1, 0.15) is 29.0 Å². The second-order valence-corrected chi connectivity index (χ2v) is 10.1. The predicted octanol–water partition coefficient (Wildman–Crippen LogP) is 5.60. The molecule has 7 nitrogen and oxygen atoms in total. The van der Waals surface area contributed by atoms with Crippen molar-refractivity contribution in [2.24, 2.45) is 10.9 Å². The first-order valence-corrected chi connectivity index (χ1v) is 13.2. The Morgan fingerprint density at radius 1 is 1.25 bits per heavy atom. The highest BCUT2D eigenvalue weighted by Crippen LogP contribution is 2.36. The van der Waals surface area contributed by atoms with Crippen LogP contribution in [0.25, 0.3) is 0 Å². The summed E-state index contributed by atoms with van der Waals surface area (Å²) in [5, 5.41) is 8.02. The molecule has 1 unspecified atom stereocenters. The molecule has 0 amide bonds. The van der Waals surface area contributed by atoms with Crippen LogP contribution in [0.5, 0.6) is 5.75 Å². The molecular formula is C22H27ClN6OS2. The molecule has 0 fully saturated rings. The number of hydrazine groups is 1. The number of amidine groups is 1. The van der Waals surface area contributed by atoms with E-state index in [1.807, 2.05) is 23.4 Å². The van der Waals surface area contributed by atoms with Crippen molar-refractivity contribution in [3.63, 3.8) is 0 Å². The molecule has 170 valence electrons. The molecule has 0 saturated heterocycles. The van der Waals surface area contributed by atoms with Crippen molar-refractivity contribution in [1.29, 1.82) is 0 Å². The summed E-state index contributed by atoms with van der Waals surface area (Å²) in [5.74, 6) is 4.26. The van der Waals surface area contributed by atoms with Crippen LogP contribution in [0.3, 0.4) is 0 Å². The second-order valence-electron chi connectivity index (χ2n) is 7.77. The first kappa shape index (κ1) is 23.1. The topological polar surface area (TPSA) is 74.7 Å². The number of hydrogen-bond acceptors (Lipinski definition) is 9. The lowest BCUT2D eigenvalue weighted by molar-refractivity contribution is 0.231. The number of aromatic nitrogens is 2. The van der Waals surface area contributed by atoms with Crippen molar-refractivity contribution in [3.8, 4) is 5.75 Å². The largest absolute Gasteiger partial charge is 0.461 e. The van der Waals surface area contributed by atoms with Crippen LogP contribution in [-0.2, 0) is 0 Å². The van der Waals surface area contributed by atoms with Crippen LogP contribution in [0.4, 0.5) is 5.82 Å². The first-order valence-electron chi connectivity index (χ1n) is 10.6. The number of anilines is 1. The Kier molecular flexibility index (Phi) is 7.37. The number of benzene rings is 1. The van der Waals surface area contributed by atoms with Crippen LogP contribution in [0, 0.1) is 5.92 Å². The monoisotopic (exact) mass is 490 g/mol. The van der Waals surface area contributed by atoms with Gasteiger partial charge in [0.25, 0.3) is 0 Å². The SMILES string of the molecule is CCCCSc1nc2c(c(SC)n1)C1=NC(=COc3ccc(Cl)cc3)NN1C(C(C)C)N2. The minimum atomic E-state index is -0.0132. The van der Waals surface area contributed by atoms with E-state index in [2.05, 4.69) is 31.5 Å². The molecule has 3 heterocycles. The highest BCUT2D eigenvalue weighted by atomic mass is 35.5. The van der Waals surface area contributed by atoms with Gasteiger partial charge in [0, 0.05) is 10.8 Å². The van der Waals surface area contributed by atoms with E-state index < -0.39 is 0 Å². The minimum absolute atomic E-state index is 0.0132. The van der Waals surface area contributed by atoms with Crippen molar-refractivity contribution in [1.82, 2.24) is 20.4 Å². The number of nitrogens with zero attached hydrogens (tertiary/aromatic N) is 4. The fourth-order valence-electron chi connectivity index (χ4n) is 3.35. The number of hydrogen-bond donors (Lipinski definition) is 2. The van der Waals surface area contributed by atoms with Gasteiger partial charge in [-0.2, -0.15) is 0 Å². The van der Waals surface area contributed by atoms with Gasteiger partial charge >= 0.3 is 0 Å². The lowest BCUT2D eigenvalue weighted by Crippen LogP contribution is -2.55. The molecule has 0 aliphatic carbocycles. The van der Waals surface area contributed by atoms with Gasteiger partial charge in [0.05, 0.1) is 5.56 Å². The third kappa shape index (κ3) is 4.94. The van der Waals surface area contributed by atoms with Gasteiger partial charge in [0.15, 0.2) is 16.8 Å². The van der Waals surface area contributed by atoms with E-state index in [-0.39, 0.29) is 6.17 Å². The van der Waals surface area contributed by atoms with E-state index in [4.69, 9.17) is 31.3 Å². The van der Waals surface area contributed by atoms with Crippen molar-refractivity contribution < 1.29 is 4.74 Å². The molecule has 2 aromatic rings. The predicted molar refractivity (Wildman–Crippen MR) is 133 cm³/mol. The maximum Gasteiger partial charge on any atom is 0.190 e. The number of rotatable bonds is 8. The standard InChI is InChI=1S/C22H27ClN6OS2/c1-5-6-11-32-22-26-18-17(21(27-22)31-4)20-24-16(28-29(20)19(25-18)13(2)3)12-30-15-9-7-14(23)8-10-15/h7-10,12-13,19,28H,5-6,11H2,1-4H3,(H,25,26,27). The second kappa shape index (κ2) is 10.2. The molecule has 0 radical (unpaired) electrons. The van der Waals surface area contributed by atoms with Gasteiger partial charge in [-0.1, -0.05) is 50.6 Å². The van der Waals surface area contributed by atoms with Crippen LogP contribution >= 0.6 is 35.1 Å². The number of unbranched alkanes of at least 4 members (excludes halogenated alkanes) is 1. The van der Waals surface area contributed by atoms with E-state index in [1.54, 1.807) is 41.9 Å². The highest BCUT2D eigenvalue weighted by Gasteiger charge is 2.39. The Balaban J connectivity index is 1.67. The molecule has 0 spiro atoms. The zero-order valence-electron chi connectivity index (χ0n) is 18.6. The van der Waals surface area contributed by atoms with Crippen LogP contribution in [-0.4, -0.2) is 39.0 Å². The van der Waals surface area contributed by atoms with Crippen LogP contribution < -0.4 is 15.5 Å². The number of ether oxygens (including phenoxy) is 1. The zero-order valence-corrected chi connectivity index (χ0v) is 20.9. The van der Waals surface area contributed by atoms with Crippen molar-refractivity contribution in [2.75, 3.05) is 17.3 Å². The Labute approximate surface area is 202 Å². The lowest BCUT2D eigenvalue weighted by Gasteiger charge is -2.38. The first-order chi connectivity index (χ1) is 15.5. The molecule has 4 rings (SSSR count).